The maximum absolute atomic E-state index is 12.3. The van der Waals surface area contributed by atoms with Gasteiger partial charge in [-0.2, -0.15) is 0 Å². The zero-order valence-corrected chi connectivity index (χ0v) is 12.9. The first-order valence-corrected chi connectivity index (χ1v) is 7.80. The summed E-state index contributed by atoms with van der Waals surface area (Å²) in [7, 11) is -0.610. The van der Waals surface area contributed by atoms with Gasteiger partial charge in [-0.25, -0.2) is 13.1 Å². The molecule has 2 N–H and O–H groups in total. The highest BCUT2D eigenvalue weighted by Crippen LogP contribution is 2.17. The van der Waals surface area contributed by atoms with Gasteiger partial charge in [0.05, 0.1) is 0 Å². The van der Waals surface area contributed by atoms with Gasteiger partial charge in [0, 0.05) is 18.9 Å². The number of anilines is 1. The number of nitrogens with zero attached hydrogens (tertiary/aromatic N) is 1. The number of para-hydroxylation sites is 1. The normalized spacial score (nSPS) is 11.4. The Balaban J connectivity index is 2.31. The van der Waals surface area contributed by atoms with Crippen LogP contribution in [0.5, 0.6) is 0 Å². The Morgan fingerprint density at radius 2 is 1.90 bits per heavy atom. The first-order chi connectivity index (χ1) is 9.85. The molecule has 0 saturated carbocycles. The molecule has 0 atom stereocenters. The summed E-state index contributed by atoms with van der Waals surface area (Å²) in [6.45, 7) is 1.89. The highest BCUT2D eigenvalue weighted by molar-refractivity contribution is 7.89. The van der Waals surface area contributed by atoms with E-state index in [-0.39, 0.29) is 16.5 Å². The van der Waals surface area contributed by atoms with Gasteiger partial charge in [-0.15, -0.1) is 0 Å². The zero-order chi connectivity index (χ0) is 15.6. The number of aryl methyl sites for hydroxylation is 2. The number of carbonyl (C=O) groups is 1. The number of hydrogen-bond donors (Lipinski definition) is 2. The molecular formula is C14H17N3O3S. The van der Waals surface area contributed by atoms with E-state index in [2.05, 4.69) is 10.0 Å². The molecule has 0 aliphatic heterocycles. The number of aromatic nitrogens is 1. The minimum Gasteiger partial charge on any atom is -0.345 e. The molecule has 0 aliphatic rings. The van der Waals surface area contributed by atoms with Gasteiger partial charge in [0.1, 0.15) is 10.6 Å². The lowest BCUT2D eigenvalue weighted by Gasteiger charge is -2.08. The number of nitrogens with one attached hydrogen (secondary N) is 2. The molecule has 7 heteroatoms. The molecule has 21 heavy (non-hydrogen) atoms. The third kappa shape index (κ3) is 3.14. The van der Waals surface area contributed by atoms with Crippen LogP contribution in [0.15, 0.2) is 41.4 Å². The second-order valence-corrected chi connectivity index (χ2v) is 6.54. The molecule has 0 unspecified atom stereocenters. The van der Waals surface area contributed by atoms with Gasteiger partial charge in [0.15, 0.2) is 0 Å². The summed E-state index contributed by atoms with van der Waals surface area (Å²) in [5.74, 6) is -0.357. The summed E-state index contributed by atoms with van der Waals surface area (Å²) in [4.78, 5) is 12.3. The second kappa shape index (κ2) is 5.71. The van der Waals surface area contributed by atoms with Crippen molar-refractivity contribution in [2.45, 2.75) is 11.8 Å². The standard InChI is InChI=1S/C14H17N3O3S/c1-10-6-4-5-7-12(10)16-14(18)13-8-11(9-17(13)3)21(19,20)15-2/h4-9,15H,1-3H3,(H,16,18). The number of sulfonamides is 1. The number of carbonyl (C=O) groups excluding carboxylic acids is 1. The van der Waals surface area contributed by atoms with Crippen LogP contribution in [-0.4, -0.2) is 25.9 Å². The molecule has 2 rings (SSSR count). The van der Waals surface area contributed by atoms with Crippen molar-refractivity contribution < 1.29 is 13.2 Å². The van der Waals surface area contributed by atoms with Crippen LogP contribution in [0.4, 0.5) is 5.69 Å². The lowest BCUT2D eigenvalue weighted by Crippen LogP contribution is -2.18. The molecule has 1 aromatic heterocycles. The third-order valence-corrected chi connectivity index (χ3v) is 4.57. The Kier molecular flexibility index (Phi) is 4.15. The predicted molar refractivity (Wildman–Crippen MR) is 80.8 cm³/mol. The third-order valence-electron chi connectivity index (χ3n) is 3.18. The molecule has 1 amide bonds. The van der Waals surface area contributed by atoms with Crippen LogP contribution in [-0.2, 0) is 17.1 Å². The van der Waals surface area contributed by atoms with Crippen LogP contribution in [0, 0.1) is 6.92 Å². The summed E-state index contributed by atoms with van der Waals surface area (Å²) in [5, 5.41) is 2.78. The zero-order valence-electron chi connectivity index (χ0n) is 12.0. The molecule has 6 nitrogen and oxygen atoms in total. The largest absolute Gasteiger partial charge is 0.345 e. The van der Waals surface area contributed by atoms with Crippen molar-refractivity contribution in [2.75, 3.05) is 12.4 Å². The number of hydrogen-bond acceptors (Lipinski definition) is 3. The van der Waals surface area contributed by atoms with E-state index in [0.717, 1.165) is 5.56 Å². The Morgan fingerprint density at radius 1 is 1.24 bits per heavy atom. The monoisotopic (exact) mass is 307 g/mol. The van der Waals surface area contributed by atoms with Gasteiger partial charge in [0.2, 0.25) is 10.0 Å². The van der Waals surface area contributed by atoms with Gasteiger partial charge >= 0.3 is 0 Å². The fraction of sp³-hybridized carbons (Fsp3) is 0.214. The molecule has 0 fully saturated rings. The molecule has 0 bridgehead atoms. The average molecular weight is 307 g/mol. The van der Waals surface area contributed by atoms with E-state index in [4.69, 9.17) is 0 Å². The van der Waals surface area contributed by atoms with E-state index < -0.39 is 10.0 Å². The van der Waals surface area contributed by atoms with Crippen LogP contribution < -0.4 is 10.0 Å². The van der Waals surface area contributed by atoms with E-state index in [9.17, 15) is 13.2 Å². The molecule has 2 aromatic rings. The topological polar surface area (TPSA) is 80.2 Å². The summed E-state index contributed by atoms with van der Waals surface area (Å²) < 4.78 is 27.2. The Bertz CT molecular complexity index is 779. The summed E-state index contributed by atoms with van der Waals surface area (Å²) in [6, 6.07) is 8.73. The van der Waals surface area contributed by atoms with E-state index in [1.165, 1.54) is 23.9 Å². The Morgan fingerprint density at radius 3 is 2.52 bits per heavy atom. The van der Waals surface area contributed by atoms with Crippen LogP contribution in [0.3, 0.4) is 0 Å². The van der Waals surface area contributed by atoms with Crippen molar-refractivity contribution in [2.24, 2.45) is 7.05 Å². The minimum atomic E-state index is -3.57. The molecule has 1 aromatic carbocycles. The fourth-order valence-corrected chi connectivity index (χ4v) is 2.72. The second-order valence-electron chi connectivity index (χ2n) is 4.65. The van der Waals surface area contributed by atoms with E-state index in [1.54, 1.807) is 13.1 Å². The molecule has 1 heterocycles. The maximum Gasteiger partial charge on any atom is 0.272 e. The fourth-order valence-electron chi connectivity index (χ4n) is 1.92. The Labute approximate surface area is 123 Å². The van der Waals surface area contributed by atoms with Crippen molar-refractivity contribution in [1.29, 1.82) is 0 Å². The average Bonchev–Trinajstić information content (AvgIpc) is 2.84. The van der Waals surface area contributed by atoms with Crippen molar-refractivity contribution in [3.05, 3.63) is 47.8 Å². The van der Waals surface area contributed by atoms with Crippen molar-refractivity contribution in [1.82, 2.24) is 9.29 Å². The summed E-state index contributed by atoms with van der Waals surface area (Å²) in [6.07, 6.45) is 1.40. The Hall–Kier alpha value is -2.12. The summed E-state index contributed by atoms with van der Waals surface area (Å²) >= 11 is 0. The van der Waals surface area contributed by atoms with Gasteiger partial charge in [-0.05, 0) is 31.7 Å². The van der Waals surface area contributed by atoms with E-state index >= 15 is 0 Å². The maximum atomic E-state index is 12.3. The van der Waals surface area contributed by atoms with Crippen LogP contribution in [0.2, 0.25) is 0 Å². The van der Waals surface area contributed by atoms with Crippen LogP contribution in [0.25, 0.3) is 0 Å². The quantitative estimate of drug-likeness (QED) is 0.898. The lowest BCUT2D eigenvalue weighted by atomic mass is 10.2. The van der Waals surface area contributed by atoms with Crippen molar-refractivity contribution in [3.63, 3.8) is 0 Å². The van der Waals surface area contributed by atoms with Gasteiger partial charge < -0.3 is 9.88 Å². The molecule has 0 aliphatic carbocycles. The highest BCUT2D eigenvalue weighted by atomic mass is 32.2. The molecule has 0 spiro atoms. The molecule has 0 saturated heterocycles. The van der Waals surface area contributed by atoms with Gasteiger partial charge in [0.25, 0.3) is 5.91 Å². The SMILES string of the molecule is CNS(=O)(=O)c1cc(C(=O)Nc2ccccc2C)n(C)c1. The number of amides is 1. The molecular weight excluding hydrogens is 290 g/mol. The minimum absolute atomic E-state index is 0.0578. The predicted octanol–water partition coefficient (Wildman–Crippen LogP) is 1.49. The van der Waals surface area contributed by atoms with Crippen LogP contribution >= 0.6 is 0 Å². The van der Waals surface area contributed by atoms with Crippen molar-refractivity contribution >= 4 is 21.6 Å². The first kappa shape index (κ1) is 15.3. The molecule has 0 radical (unpaired) electrons. The smallest absolute Gasteiger partial charge is 0.272 e. The number of rotatable bonds is 4. The van der Waals surface area contributed by atoms with E-state index in [0.29, 0.717) is 5.69 Å². The van der Waals surface area contributed by atoms with Crippen LogP contribution in [0.1, 0.15) is 16.1 Å². The lowest BCUT2D eigenvalue weighted by molar-refractivity contribution is 0.101. The highest BCUT2D eigenvalue weighted by Gasteiger charge is 2.19. The van der Waals surface area contributed by atoms with Gasteiger partial charge in [-0.1, -0.05) is 18.2 Å². The first-order valence-electron chi connectivity index (χ1n) is 6.32. The molecule has 112 valence electrons. The van der Waals surface area contributed by atoms with Gasteiger partial charge in [-0.3, -0.25) is 4.79 Å². The summed E-state index contributed by atoms with van der Waals surface area (Å²) in [5.41, 5.74) is 1.90. The van der Waals surface area contributed by atoms with E-state index in [1.807, 2.05) is 25.1 Å². The van der Waals surface area contributed by atoms with Crippen molar-refractivity contribution in [3.8, 4) is 0 Å². The number of benzene rings is 1.